The molecule has 0 atom stereocenters. The molecule has 0 aromatic heterocycles. The Morgan fingerprint density at radius 3 is 2.10 bits per heavy atom. The third-order valence-corrected chi connectivity index (χ3v) is 2.93. The van der Waals surface area contributed by atoms with Crippen LogP contribution in [0.25, 0.3) is 0 Å². The van der Waals surface area contributed by atoms with Crippen molar-refractivity contribution in [3.8, 4) is 17.2 Å². The Kier molecular flexibility index (Phi) is 7.36. The van der Waals surface area contributed by atoms with E-state index in [2.05, 4.69) is 0 Å². The van der Waals surface area contributed by atoms with E-state index in [0.717, 1.165) is 11.1 Å². The van der Waals surface area contributed by atoms with Gasteiger partial charge in [-0.3, -0.25) is 0 Å². The van der Waals surface area contributed by atoms with Crippen LogP contribution in [0.5, 0.6) is 17.2 Å². The molecule has 21 heavy (non-hydrogen) atoms. The minimum Gasteiger partial charge on any atom is -0.493 e. The maximum absolute atomic E-state index is 9.39. The topological polar surface area (TPSA) is 68.2 Å². The summed E-state index contributed by atoms with van der Waals surface area (Å²) in [4.78, 5) is 0. The van der Waals surface area contributed by atoms with E-state index in [1.807, 2.05) is 12.1 Å². The van der Waals surface area contributed by atoms with Crippen LogP contribution >= 0.6 is 0 Å². The molecule has 0 saturated carbocycles. The molecule has 0 amide bonds. The van der Waals surface area contributed by atoms with Crippen molar-refractivity contribution in [3.05, 3.63) is 41.5 Å². The lowest BCUT2D eigenvalue weighted by Gasteiger charge is -2.14. The summed E-state index contributed by atoms with van der Waals surface area (Å²) in [6.07, 6.45) is 5.64. The van der Waals surface area contributed by atoms with E-state index in [1.54, 1.807) is 39.6 Å². The molecule has 116 valence electrons. The van der Waals surface area contributed by atoms with Crippen LogP contribution in [0.4, 0.5) is 0 Å². The zero-order valence-electron chi connectivity index (χ0n) is 12.6. The average molecular weight is 294 g/mol. The zero-order valence-corrected chi connectivity index (χ0v) is 12.6. The van der Waals surface area contributed by atoms with Gasteiger partial charge in [0.1, 0.15) is 0 Å². The minimum absolute atomic E-state index is 0.0284. The summed E-state index contributed by atoms with van der Waals surface area (Å²) in [5.41, 5.74) is 1.75. The van der Waals surface area contributed by atoms with Gasteiger partial charge in [0, 0.05) is 0 Å². The molecule has 0 radical (unpaired) electrons. The lowest BCUT2D eigenvalue weighted by molar-refractivity contribution is 0.322. The van der Waals surface area contributed by atoms with Crippen LogP contribution in [0.15, 0.2) is 35.9 Å². The van der Waals surface area contributed by atoms with Gasteiger partial charge >= 0.3 is 0 Å². The van der Waals surface area contributed by atoms with Gasteiger partial charge < -0.3 is 24.4 Å². The predicted molar refractivity (Wildman–Crippen MR) is 81.2 cm³/mol. The highest BCUT2D eigenvalue weighted by atomic mass is 16.5. The maximum atomic E-state index is 9.39. The summed E-state index contributed by atoms with van der Waals surface area (Å²) in [7, 11) is 4.68. The molecule has 2 N–H and O–H groups in total. The average Bonchev–Trinajstić information content (AvgIpc) is 2.52. The van der Waals surface area contributed by atoms with Gasteiger partial charge in [0.25, 0.3) is 0 Å². The number of hydrogen-bond acceptors (Lipinski definition) is 5. The van der Waals surface area contributed by atoms with Crippen molar-refractivity contribution in [2.45, 2.75) is 6.42 Å². The Morgan fingerprint density at radius 1 is 1.05 bits per heavy atom. The molecule has 1 aromatic carbocycles. The third-order valence-electron chi connectivity index (χ3n) is 2.93. The van der Waals surface area contributed by atoms with E-state index in [1.165, 1.54) is 0 Å². The zero-order chi connectivity index (χ0) is 15.7. The van der Waals surface area contributed by atoms with Gasteiger partial charge in [-0.1, -0.05) is 18.2 Å². The summed E-state index contributed by atoms with van der Waals surface area (Å²) in [5.74, 6) is 1.70. The van der Waals surface area contributed by atoms with Crippen molar-refractivity contribution < 1.29 is 24.4 Å². The number of ether oxygens (including phenoxy) is 3. The summed E-state index contributed by atoms with van der Waals surface area (Å²) in [6, 6.07) is 3.70. The predicted octanol–water partition coefficient (Wildman–Crippen LogP) is 1.72. The number of aliphatic hydroxyl groups excluding tert-OH is 2. The van der Waals surface area contributed by atoms with E-state index in [0.29, 0.717) is 23.7 Å². The van der Waals surface area contributed by atoms with E-state index >= 15 is 0 Å². The number of methoxy groups -OCH3 is 3. The summed E-state index contributed by atoms with van der Waals surface area (Å²) in [5, 5.41) is 18.1. The van der Waals surface area contributed by atoms with Crippen LogP contribution in [0.3, 0.4) is 0 Å². The lowest BCUT2D eigenvalue weighted by atomic mass is 10.0. The van der Waals surface area contributed by atoms with Gasteiger partial charge in [0.15, 0.2) is 11.5 Å². The lowest BCUT2D eigenvalue weighted by Crippen LogP contribution is -2.00. The molecule has 0 heterocycles. The molecule has 1 rings (SSSR count). The Morgan fingerprint density at radius 2 is 1.67 bits per heavy atom. The highest BCUT2D eigenvalue weighted by Crippen LogP contribution is 2.38. The van der Waals surface area contributed by atoms with Gasteiger partial charge in [0.05, 0.1) is 34.5 Å². The molecule has 1 aromatic rings. The second kappa shape index (κ2) is 9.05. The second-order valence-corrected chi connectivity index (χ2v) is 4.30. The van der Waals surface area contributed by atoms with E-state index in [4.69, 9.17) is 19.3 Å². The number of aliphatic hydroxyl groups is 2. The Labute approximate surface area is 125 Å². The van der Waals surface area contributed by atoms with Crippen molar-refractivity contribution in [2.75, 3.05) is 34.5 Å². The molecule has 0 spiro atoms. The van der Waals surface area contributed by atoms with Gasteiger partial charge in [0.2, 0.25) is 5.75 Å². The molecule has 5 nitrogen and oxygen atoms in total. The number of hydrogen-bond donors (Lipinski definition) is 2. The number of rotatable bonds is 8. The first-order valence-electron chi connectivity index (χ1n) is 6.55. The molecule has 0 saturated heterocycles. The smallest absolute Gasteiger partial charge is 0.203 e. The Bertz CT molecular complexity index is 480. The minimum atomic E-state index is -0.0631. The molecule has 0 unspecified atom stereocenters. The molecular formula is C16H22O5. The highest BCUT2D eigenvalue weighted by Gasteiger charge is 2.13. The normalized spacial score (nSPS) is 11.8. The van der Waals surface area contributed by atoms with Gasteiger partial charge in [-0.15, -0.1) is 0 Å². The largest absolute Gasteiger partial charge is 0.493 e. The SMILES string of the molecule is COc1cc(C/C(=C\C=C\CO)CO)cc(OC)c1OC. The molecule has 0 aliphatic rings. The summed E-state index contributed by atoms with van der Waals surface area (Å²) < 4.78 is 15.9. The summed E-state index contributed by atoms with van der Waals surface area (Å²) >= 11 is 0. The second-order valence-electron chi connectivity index (χ2n) is 4.30. The molecule has 0 fully saturated rings. The molecule has 0 aliphatic heterocycles. The van der Waals surface area contributed by atoms with Crippen molar-refractivity contribution in [1.82, 2.24) is 0 Å². The molecular weight excluding hydrogens is 272 g/mol. The van der Waals surface area contributed by atoms with Crippen LogP contribution in [0.1, 0.15) is 5.56 Å². The first kappa shape index (κ1) is 17.1. The first-order valence-corrected chi connectivity index (χ1v) is 6.55. The standard InChI is InChI=1S/C16H22O5/c1-19-14-9-13(10-15(20-2)16(14)21-3)8-12(11-18)6-4-5-7-17/h4-6,9-10,17-18H,7-8,11H2,1-3H3/b5-4+,12-6+. The first-order chi connectivity index (χ1) is 10.2. The number of benzene rings is 1. The van der Waals surface area contributed by atoms with Crippen molar-refractivity contribution >= 4 is 0 Å². The quantitative estimate of drug-likeness (QED) is 0.715. The molecule has 5 heteroatoms. The number of allylic oxidation sites excluding steroid dienone is 2. The van der Waals surface area contributed by atoms with Crippen LogP contribution in [-0.2, 0) is 6.42 Å². The van der Waals surface area contributed by atoms with Gasteiger partial charge in [-0.05, 0) is 29.7 Å². The van der Waals surface area contributed by atoms with Crippen LogP contribution in [0, 0.1) is 0 Å². The van der Waals surface area contributed by atoms with Crippen molar-refractivity contribution in [1.29, 1.82) is 0 Å². The molecule has 0 bridgehead atoms. The monoisotopic (exact) mass is 294 g/mol. The fourth-order valence-corrected chi connectivity index (χ4v) is 1.93. The van der Waals surface area contributed by atoms with Crippen molar-refractivity contribution in [2.24, 2.45) is 0 Å². The maximum Gasteiger partial charge on any atom is 0.203 e. The van der Waals surface area contributed by atoms with Crippen LogP contribution < -0.4 is 14.2 Å². The highest BCUT2D eigenvalue weighted by molar-refractivity contribution is 5.54. The fraction of sp³-hybridized carbons (Fsp3) is 0.375. The third kappa shape index (κ3) is 4.81. The van der Waals surface area contributed by atoms with Crippen LogP contribution in [0.2, 0.25) is 0 Å². The Balaban J connectivity index is 3.07. The van der Waals surface area contributed by atoms with E-state index in [-0.39, 0.29) is 13.2 Å². The molecule has 0 aliphatic carbocycles. The summed E-state index contributed by atoms with van der Waals surface area (Å²) in [6.45, 7) is -0.0914. The van der Waals surface area contributed by atoms with Gasteiger partial charge in [-0.25, -0.2) is 0 Å². The van der Waals surface area contributed by atoms with Crippen LogP contribution in [-0.4, -0.2) is 44.8 Å². The van der Waals surface area contributed by atoms with E-state index in [9.17, 15) is 5.11 Å². The van der Waals surface area contributed by atoms with Gasteiger partial charge in [-0.2, -0.15) is 0 Å². The Hall–Kier alpha value is -1.98. The fourth-order valence-electron chi connectivity index (χ4n) is 1.93. The van der Waals surface area contributed by atoms with Crippen molar-refractivity contribution in [3.63, 3.8) is 0 Å². The van der Waals surface area contributed by atoms with E-state index < -0.39 is 0 Å².